The number of rotatable bonds is 6. The van der Waals surface area contributed by atoms with E-state index in [0.717, 1.165) is 25.2 Å². The third-order valence-electron chi connectivity index (χ3n) is 3.61. The first-order chi connectivity index (χ1) is 10.6. The Morgan fingerprint density at radius 3 is 2.64 bits per heavy atom. The van der Waals surface area contributed by atoms with Crippen molar-refractivity contribution in [1.29, 1.82) is 0 Å². The van der Waals surface area contributed by atoms with Crippen molar-refractivity contribution in [2.75, 3.05) is 52.5 Å². The molecule has 0 unspecified atom stereocenters. The van der Waals surface area contributed by atoms with E-state index in [1.165, 1.54) is 4.90 Å². The first-order valence-corrected chi connectivity index (χ1v) is 7.27. The summed E-state index contributed by atoms with van der Waals surface area (Å²) in [6.45, 7) is 3.77. The fourth-order valence-corrected chi connectivity index (χ4v) is 2.36. The van der Waals surface area contributed by atoms with Crippen molar-refractivity contribution in [1.82, 2.24) is 9.80 Å². The summed E-state index contributed by atoms with van der Waals surface area (Å²) in [7, 11) is 0. The summed E-state index contributed by atoms with van der Waals surface area (Å²) in [5, 5.41) is 9.10. The maximum atomic E-state index is 13.7. The second-order valence-corrected chi connectivity index (χ2v) is 5.09. The van der Waals surface area contributed by atoms with E-state index < -0.39 is 17.5 Å². The van der Waals surface area contributed by atoms with Crippen LogP contribution in [0.15, 0.2) is 18.2 Å². The molecule has 1 N–H and O–H groups in total. The molecule has 122 valence electrons. The summed E-state index contributed by atoms with van der Waals surface area (Å²) in [5.74, 6) is -2.16. The molecule has 7 heteroatoms. The minimum atomic E-state index is -0.890. The minimum absolute atomic E-state index is 0.111. The summed E-state index contributed by atoms with van der Waals surface area (Å²) in [6.07, 6.45) is 0. The lowest BCUT2D eigenvalue weighted by atomic mass is 10.1. The molecule has 0 bridgehead atoms. The van der Waals surface area contributed by atoms with Crippen LogP contribution in [0, 0.1) is 11.6 Å². The number of morpholine rings is 1. The quantitative estimate of drug-likeness (QED) is 0.841. The zero-order chi connectivity index (χ0) is 15.9. The number of benzene rings is 1. The van der Waals surface area contributed by atoms with Crippen molar-refractivity contribution in [3.8, 4) is 0 Å². The number of halogens is 2. The molecule has 0 aliphatic carbocycles. The van der Waals surface area contributed by atoms with E-state index in [9.17, 15) is 13.6 Å². The highest BCUT2D eigenvalue weighted by molar-refractivity contribution is 5.94. The molecule has 2 rings (SSSR count). The van der Waals surface area contributed by atoms with Gasteiger partial charge >= 0.3 is 0 Å². The number of aliphatic hydroxyl groups is 1. The molecule has 1 heterocycles. The van der Waals surface area contributed by atoms with Gasteiger partial charge in [0.25, 0.3) is 5.91 Å². The Balaban J connectivity index is 2.00. The molecule has 5 nitrogen and oxygen atoms in total. The van der Waals surface area contributed by atoms with Crippen molar-refractivity contribution in [2.24, 2.45) is 0 Å². The van der Waals surface area contributed by atoms with Gasteiger partial charge in [-0.05, 0) is 12.1 Å². The van der Waals surface area contributed by atoms with Crippen molar-refractivity contribution >= 4 is 5.91 Å². The molecule has 1 aliphatic rings. The number of hydrogen-bond donors (Lipinski definition) is 1. The molecular weight excluding hydrogens is 294 g/mol. The lowest BCUT2D eigenvalue weighted by Crippen LogP contribution is -2.44. The van der Waals surface area contributed by atoms with Crippen LogP contribution in [-0.4, -0.2) is 73.4 Å². The molecule has 0 saturated carbocycles. The van der Waals surface area contributed by atoms with Gasteiger partial charge in [0.2, 0.25) is 0 Å². The van der Waals surface area contributed by atoms with E-state index >= 15 is 0 Å². The van der Waals surface area contributed by atoms with Gasteiger partial charge in [-0.3, -0.25) is 9.69 Å². The average Bonchev–Trinajstić information content (AvgIpc) is 2.52. The van der Waals surface area contributed by atoms with E-state index in [4.69, 9.17) is 9.84 Å². The molecule has 1 aromatic carbocycles. The van der Waals surface area contributed by atoms with Crippen molar-refractivity contribution < 1.29 is 23.4 Å². The highest BCUT2D eigenvalue weighted by Gasteiger charge is 2.20. The van der Waals surface area contributed by atoms with Crippen LogP contribution in [0.3, 0.4) is 0 Å². The number of carbonyl (C=O) groups is 1. The van der Waals surface area contributed by atoms with Gasteiger partial charge in [-0.1, -0.05) is 0 Å². The number of carbonyl (C=O) groups excluding carboxylic acids is 1. The van der Waals surface area contributed by atoms with Gasteiger partial charge in [-0.15, -0.1) is 0 Å². The number of amides is 1. The second-order valence-electron chi connectivity index (χ2n) is 5.09. The predicted octanol–water partition coefficient (Wildman–Crippen LogP) is 0.732. The molecule has 0 spiro atoms. The van der Waals surface area contributed by atoms with Crippen molar-refractivity contribution in [3.05, 3.63) is 35.4 Å². The van der Waals surface area contributed by atoms with E-state index in [0.29, 0.717) is 32.4 Å². The predicted molar refractivity (Wildman–Crippen MR) is 76.6 cm³/mol. The maximum Gasteiger partial charge on any atom is 0.256 e. The number of aliphatic hydroxyl groups excluding tert-OH is 1. The molecule has 1 amide bonds. The van der Waals surface area contributed by atoms with Crippen LogP contribution in [0.1, 0.15) is 10.4 Å². The fraction of sp³-hybridized carbons (Fsp3) is 0.533. The van der Waals surface area contributed by atoms with Crippen LogP contribution >= 0.6 is 0 Å². The van der Waals surface area contributed by atoms with Gasteiger partial charge in [-0.2, -0.15) is 0 Å². The topological polar surface area (TPSA) is 53.0 Å². The van der Waals surface area contributed by atoms with Gasteiger partial charge in [0, 0.05) is 38.8 Å². The van der Waals surface area contributed by atoms with Gasteiger partial charge in [0.15, 0.2) is 0 Å². The summed E-state index contributed by atoms with van der Waals surface area (Å²) >= 11 is 0. The third kappa shape index (κ3) is 4.46. The van der Waals surface area contributed by atoms with Crippen LogP contribution in [0.2, 0.25) is 0 Å². The molecule has 0 radical (unpaired) electrons. The van der Waals surface area contributed by atoms with Crippen LogP contribution in [0.25, 0.3) is 0 Å². The molecule has 1 aliphatic heterocycles. The largest absolute Gasteiger partial charge is 0.395 e. The summed E-state index contributed by atoms with van der Waals surface area (Å²) in [5.41, 5.74) is -0.183. The van der Waals surface area contributed by atoms with Gasteiger partial charge < -0.3 is 14.7 Å². The van der Waals surface area contributed by atoms with Gasteiger partial charge in [-0.25, -0.2) is 8.78 Å². The minimum Gasteiger partial charge on any atom is -0.395 e. The Bertz CT molecular complexity index is 508. The highest BCUT2D eigenvalue weighted by atomic mass is 19.1. The molecule has 1 aromatic rings. The second kappa shape index (κ2) is 8.17. The summed E-state index contributed by atoms with van der Waals surface area (Å²) < 4.78 is 31.9. The van der Waals surface area contributed by atoms with Gasteiger partial charge in [0.1, 0.15) is 11.6 Å². The fourth-order valence-electron chi connectivity index (χ4n) is 2.36. The smallest absolute Gasteiger partial charge is 0.256 e. The number of nitrogens with zero attached hydrogens (tertiary/aromatic N) is 2. The highest BCUT2D eigenvalue weighted by Crippen LogP contribution is 2.12. The Morgan fingerprint density at radius 2 is 2.00 bits per heavy atom. The first kappa shape index (κ1) is 16.8. The molecule has 1 fully saturated rings. The van der Waals surface area contributed by atoms with E-state index in [1.54, 1.807) is 0 Å². The van der Waals surface area contributed by atoms with Crippen LogP contribution in [-0.2, 0) is 4.74 Å². The number of hydrogen-bond acceptors (Lipinski definition) is 4. The number of ether oxygens (including phenoxy) is 1. The van der Waals surface area contributed by atoms with Crippen molar-refractivity contribution in [2.45, 2.75) is 0 Å². The van der Waals surface area contributed by atoms with E-state index in [2.05, 4.69) is 4.90 Å². The zero-order valence-corrected chi connectivity index (χ0v) is 12.3. The Morgan fingerprint density at radius 1 is 1.27 bits per heavy atom. The van der Waals surface area contributed by atoms with E-state index in [-0.39, 0.29) is 18.7 Å². The molecule has 0 atom stereocenters. The molecular formula is C15H20F2N2O3. The van der Waals surface area contributed by atoms with Crippen LogP contribution in [0.5, 0.6) is 0 Å². The molecule has 22 heavy (non-hydrogen) atoms. The normalized spacial score (nSPS) is 15.8. The SMILES string of the molecule is O=C(c1ccc(F)cc1F)N(CCO)CCN1CCOCC1. The van der Waals surface area contributed by atoms with Crippen LogP contribution < -0.4 is 0 Å². The Hall–Kier alpha value is -1.57. The van der Waals surface area contributed by atoms with E-state index in [1.807, 2.05) is 0 Å². The molecule has 0 aromatic heterocycles. The average molecular weight is 314 g/mol. The monoisotopic (exact) mass is 314 g/mol. The van der Waals surface area contributed by atoms with Crippen LogP contribution in [0.4, 0.5) is 8.78 Å². The lowest BCUT2D eigenvalue weighted by molar-refractivity contribution is 0.0315. The first-order valence-electron chi connectivity index (χ1n) is 7.27. The molecule has 1 saturated heterocycles. The van der Waals surface area contributed by atoms with Crippen molar-refractivity contribution in [3.63, 3.8) is 0 Å². The maximum absolute atomic E-state index is 13.7. The lowest BCUT2D eigenvalue weighted by Gasteiger charge is -2.30. The zero-order valence-electron chi connectivity index (χ0n) is 12.3. The summed E-state index contributed by atoms with van der Waals surface area (Å²) in [6, 6.07) is 2.87. The third-order valence-corrected chi connectivity index (χ3v) is 3.61. The summed E-state index contributed by atoms with van der Waals surface area (Å²) in [4.78, 5) is 15.9. The van der Waals surface area contributed by atoms with Gasteiger partial charge in [0.05, 0.1) is 25.4 Å². The standard InChI is InChI=1S/C15H20F2N2O3/c16-12-1-2-13(14(17)11-12)15(21)19(5-8-20)4-3-18-6-9-22-10-7-18/h1-2,11,20H,3-10H2. The Kier molecular flexibility index (Phi) is 6.23. The Labute approximate surface area is 128 Å².